The van der Waals surface area contributed by atoms with E-state index in [2.05, 4.69) is 25.9 Å². The molecule has 2 amide bonds. The lowest BCUT2D eigenvalue weighted by molar-refractivity contribution is -0.144. The number of halogens is 5. The van der Waals surface area contributed by atoms with E-state index < -0.39 is 73.3 Å². The first kappa shape index (κ1) is 28.2. The molecule has 4 rings (SSSR count). The third-order valence-electron chi connectivity index (χ3n) is 7.02. The zero-order valence-corrected chi connectivity index (χ0v) is 20.6. The highest BCUT2D eigenvalue weighted by Gasteiger charge is 2.40. The van der Waals surface area contributed by atoms with Crippen LogP contribution in [-0.4, -0.2) is 49.4 Å². The molecule has 210 valence electrons. The molecular weight excluding hydrogens is 529 g/mol. The lowest BCUT2D eigenvalue weighted by Gasteiger charge is -2.33. The van der Waals surface area contributed by atoms with Gasteiger partial charge in [-0.2, -0.15) is 23.5 Å². The number of imidazole rings is 1. The summed E-state index contributed by atoms with van der Waals surface area (Å²) < 4.78 is 66.6. The first-order valence-corrected chi connectivity index (χ1v) is 12.4. The molecule has 0 spiro atoms. The molecule has 3 N–H and O–H groups in total. The summed E-state index contributed by atoms with van der Waals surface area (Å²) in [5.74, 6) is -4.97. The molecule has 15 heteroatoms. The molecule has 2 fully saturated rings. The summed E-state index contributed by atoms with van der Waals surface area (Å²) in [6.45, 7) is 0. The van der Waals surface area contributed by atoms with E-state index in [9.17, 15) is 31.5 Å². The van der Waals surface area contributed by atoms with Gasteiger partial charge in [0.2, 0.25) is 17.5 Å². The minimum absolute atomic E-state index is 0.0386. The third kappa shape index (κ3) is 7.18. The Balaban J connectivity index is 1.59. The number of carbonyl (C=O) groups excluding carboxylic acids is 2. The maximum Gasteiger partial charge on any atom is 0.389 e. The van der Waals surface area contributed by atoms with Gasteiger partial charge >= 0.3 is 6.18 Å². The maximum atomic E-state index is 13.8. The van der Waals surface area contributed by atoms with Gasteiger partial charge in [-0.1, -0.05) is 5.16 Å². The standard InChI is InChI=1S/C24H26F5N7O3/c25-23(26)6-3-14(4-7-23)21(34-22(38)16(10-30)35-39)17-12-36-18(32-17)9-15(11-31-36)20(13-1-2-13)33-19(37)5-8-24(27,28)29/h9,11-14,20-21,39H,1-8H2,(H,33,37)(H,34,38)/b35-16+/t20-,21+/m1/s1. The van der Waals surface area contributed by atoms with E-state index in [1.807, 2.05) is 0 Å². The minimum Gasteiger partial charge on any atom is -0.410 e. The van der Waals surface area contributed by atoms with Crippen molar-refractivity contribution in [2.24, 2.45) is 17.0 Å². The van der Waals surface area contributed by atoms with Gasteiger partial charge in [-0.3, -0.25) is 9.59 Å². The number of aromatic nitrogens is 3. The molecule has 39 heavy (non-hydrogen) atoms. The smallest absolute Gasteiger partial charge is 0.389 e. The summed E-state index contributed by atoms with van der Waals surface area (Å²) in [5.41, 5.74) is 0.309. The Hall–Kier alpha value is -3.83. The Bertz CT molecular complexity index is 1290. The Kier molecular flexibility index (Phi) is 8.03. The molecule has 0 unspecified atom stereocenters. The van der Waals surface area contributed by atoms with E-state index in [1.54, 1.807) is 6.07 Å². The fourth-order valence-corrected chi connectivity index (χ4v) is 4.79. The number of nitrogens with zero attached hydrogens (tertiary/aromatic N) is 5. The number of nitriles is 1. The monoisotopic (exact) mass is 555 g/mol. The Morgan fingerprint density at radius 1 is 1.18 bits per heavy atom. The number of oxime groups is 1. The first-order chi connectivity index (χ1) is 18.4. The first-order valence-electron chi connectivity index (χ1n) is 12.4. The van der Waals surface area contributed by atoms with Crippen molar-refractivity contribution >= 4 is 23.2 Å². The average Bonchev–Trinajstić information content (AvgIpc) is 3.63. The SMILES string of the molecule is N#C/C(=N\O)C(=O)N[C@H](c1cn2ncc([C@H](NC(=O)CCC(F)(F)F)C3CC3)cc2n1)C1CCC(F)(F)CC1. The summed E-state index contributed by atoms with van der Waals surface area (Å²) in [5, 5.41) is 30.1. The van der Waals surface area contributed by atoms with Gasteiger partial charge in [0.25, 0.3) is 5.91 Å². The van der Waals surface area contributed by atoms with E-state index in [0.717, 1.165) is 12.8 Å². The molecule has 0 bridgehead atoms. The van der Waals surface area contributed by atoms with E-state index in [4.69, 9.17) is 10.5 Å². The molecule has 0 aliphatic heterocycles. The second kappa shape index (κ2) is 11.1. The number of hydrogen-bond donors (Lipinski definition) is 3. The zero-order valence-electron chi connectivity index (χ0n) is 20.6. The maximum absolute atomic E-state index is 13.8. The normalized spacial score (nSPS) is 19.7. The second-order valence-electron chi connectivity index (χ2n) is 9.96. The van der Waals surface area contributed by atoms with E-state index in [0.29, 0.717) is 11.2 Å². The number of hydrogen-bond acceptors (Lipinski definition) is 7. The van der Waals surface area contributed by atoms with Crippen molar-refractivity contribution in [3.8, 4) is 6.07 Å². The highest BCUT2D eigenvalue weighted by Crippen LogP contribution is 2.42. The van der Waals surface area contributed by atoms with Gasteiger partial charge < -0.3 is 15.8 Å². The molecule has 10 nitrogen and oxygen atoms in total. The van der Waals surface area contributed by atoms with Gasteiger partial charge in [0.1, 0.15) is 6.07 Å². The van der Waals surface area contributed by atoms with Crippen molar-refractivity contribution < 1.29 is 36.7 Å². The number of nitrogens with one attached hydrogen (secondary N) is 2. The number of carbonyl (C=O) groups is 2. The topological polar surface area (TPSA) is 145 Å². The van der Waals surface area contributed by atoms with Gasteiger partial charge in [0.05, 0.1) is 36.6 Å². The highest BCUT2D eigenvalue weighted by atomic mass is 19.4. The average molecular weight is 556 g/mol. The van der Waals surface area contributed by atoms with Gasteiger partial charge in [-0.15, -0.1) is 0 Å². The highest BCUT2D eigenvalue weighted by molar-refractivity contribution is 6.45. The summed E-state index contributed by atoms with van der Waals surface area (Å²) in [6, 6.07) is 1.62. The predicted molar refractivity (Wildman–Crippen MR) is 125 cm³/mol. The van der Waals surface area contributed by atoms with Crippen molar-refractivity contribution in [1.82, 2.24) is 25.2 Å². The number of fused-ring (bicyclic) bond motifs is 1. The molecule has 2 atom stereocenters. The Labute approximate surface area is 219 Å². The molecule has 0 saturated heterocycles. The van der Waals surface area contributed by atoms with Crippen molar-refractivity contribution in [3.05, 3.63) is 29.7 Å². The fourth-order valence-electron chi connectivity index (χ4n) is 4.79. The second-order valence-corrected chi connectivity index (χ2v) is 9.96. The summed E-state index contributed by atoms with van der Waals surface area (Å²) in [7, 11) is 0. The molecular formula is C24H26F5N7O3. The quantitative estimate of drug-likeness (QED) is 0.185. The molecule has 0 radical (unpaired) electrons. The largest absolute Gasteiger partial charge is 0.410 e. The van der Waals surface area contributed by atoms with Crippen LogP contribution in [0.3, 0.4) is 0 Å². The van der Waals surface area contributed by atoms with Crippen LogP contribution in [0.4, 0.5) is 22.0 Å². The Morgan fingerprint density at radius 2 is 1.85 bits per heavy atom. The molecule has 2 aliphatic rings. The van der Waals surface area contributed by atoms with E-state index in [-0.39, 0.29) is 24.5 Å². The Morgan fingerprint density at radius 3 is 2.44 bits per heavy atom. The zero-order chi connectivity index (χ0) is 28.4. The fraction of sp³-hybridized carbons (Fsp3) is 0.583. The van der Waals surface area contributed by atoms with Crippen LogP contribution in [-0.2, 0) is 9.59 Å². The molecule has 2 heterocycles. The summed E-state index contributed by atoms with van der Waals surface area (Å²) in [4.78, 5) is 29.2. The summed E-state index contributed by atoms with van der Waals surface area (Å²) >= 11 is 0. The van der Waals surface area contributed by atoms with E-state index in [1.165, 1.54) is 23.0 Å². The van der Waals surface area contributed by atoms with Crippen LogP contribution >= 0.6 is 0 Å². The van der Waals surface area contributed by atoms with Crippen LogP contribution in [0.5, 0.6) is 0 Å². The van der Waals surface area contributed by atoms with Crippen molar-refractivity contribution in [2.75, 3.05) is 0 Å². The van der Waals surface area contributed by atoms with Gasteiger partial charge in [0, 0.05) is 19.3 Å². The van der Waals surface area contributed by atoms with Crippen LogP contribution in [0.1, 0.15) is 74.7 Å². The minimum atomic E-state index is -4.45. The lowest BCUT2D eigenvalue weighted by atomic mass is 9.81. The summed E-state index contributed by atoms with van der Waals surface area (Å²) in [6.07, 6.45) is -2.51. The van der Waals surface area contributed by atoms with Gasteiger partial charge in [-0.25, -0.2) is 18.3 Å². The van der Waals surface area contributed by atoms with Crippen molar-refractivity contribution in [1.29, 1.82) is 5.26 Å². The van der Waals surface area contributed by atoms with Gasteiger partial charge in [0.15, 0.2) is 5.65 Å². The number of rotatable bonds is 9. The van der Waals surface area contributed by atoms with Gasteiger partial charge in [-0.05, 0) is 49.1 Å². The molecule has 2 aromatic heterocycles. The lowest BCUT2D eigenvalue weighted by Crippen LogP contribution is -2.40. The molecule has 2 saturated carbocycles. The third-order valence-corrected chi connectivity index (χ3v) is 7.02. The molecule has 2 aliphatic carbocycles. The van der Waals surface area contributed by atoms with Crippen molar-refractivity contribution in [2.45, 2.75) is 75.5 Å². The van der Waals surface area contributed by atoms with Crippen LogP contribution in [0, 0.1) is 23.2 Å². The van der Waals surface area contributed by atoms with E-state index >= 15 is 0 Å². The van der Waals surface area contributed by atoms with Crippen molar-refractivity contribution in [3.63, 3.8) is 0 Å². The van der Waals surface area contributed by atoms with Crippen LogP contribution in [0.2, 0.25) is 0 Å². The van der Waals surface area contributed by atoms with Crippen LogP contribution in [0.15, 0.2) is 23.6 Å². The predicted octanol–water partition coefficient (Wildman–Crippen LogP) is 3.98. The molecule has 2 aromatic rings. The number of alkyl halides is 5. The number of amides is 2. The van der Waals surface area contributed by atoms with Crippen LogP contribution < -0.4 is 10.6 Å². The van der Waals surface area contributed by atoms with Crippen LogP contribution in [0.25, 0.3) is 5.65 Å². The molecule has 0 aromatic carbocycles.